The number of carbonyl (C=O) groups excluding carboxylic acids is 1. The van der Waals surface area contributed by atoms with Gasteiger partial charge in [0.1, 0.15) is 11.5 Å². The first-order valence-electron chi connectivity index (χ1n) is 10.2. The van der Waals surface area contributed by atoms with Crippen molar-refractivity contribution < 1.29 is 28.5 Å². The highest BCUT2D eigenvalue weighted by Gasteiger charge is 2.30. The molecule has 3 aromatic rings. The number of hydrogen-bond acceptors (Lipinski definition) is 8. The molecule has 176 valence electrons. The molecule has 0 bridgehead atoms. The van der Waals surface area contributed by atoms with Crippen LogP contribution in [-0.2, 0) is 11.3 Å². The van der Waals surface area contributed by atoms with Crippen LogP contribution in [0.2, 0.25) is 0 Å². The normalized spacial score (nSPS) is 11.7. The molecule has 33 heavy (non-hydrogen) atoms. The van der Waals surface area contributed by atoms with E-state index < -0.39 is 11.5 Å². The lowest BCUT2D eigenvalue weighted by Crippen LogP contribution is -2.27. The zero-order valence-corrected chi connectivity index (χ0v) is 19.1. The molecule has 0 fully saturated rings. The van der Waals surface area contributed by atoms with Crippen molar-refractivity contribution in [2.45, 2.75) is 32.7 Å². The van der Waals surface area contributed by atoms with Crippen molar-refractivity contribution in [3.63, 3.8) is 0 Å². The van der Waals surface area contributed by atoms with Crippen molar-refractivity contribution in [3.05, 3.63) is 63.0 Å². The molecular formula is C23H27N3O7. The Labute approximate surface area is 190 Å². The second-order valence-corrected chi connectivity index (χ2v) is 7.42. The minimum Gasteiger partial charge on any atom is -0.507 e. The summed E-state index contributed by atoms with van der Waals surface area (Å²) in [6, 6.07) is 4.64. The molecule has 2 aromatic heterocycles. The molecule has 0 aliphatic heterocycles. The van der Waals surface area contributed by atoms with Crippen LogP contribution < -0.4 is 25.2 Å². The Bertz CT molecular complexity index is 1200. The number of aromatic amines is 1. The average molecular weight is 457 g/mol. The van der Waals surface area contributed by atoms with Crippen molar-refractivity contribution in [2.24, 2.45) is 0 Å². The van der Waals surface area contributed by atoms with Gasteiger partial charge in [0, 0.05) is 41.8 Å². The number of nitrogens with one attached hydrogen (secondary N) is 2. The Morgan fingerprint density at radius 2 is 1.91 bits per heavy atom. The first-order chi connectivity index (χ1) is 15.8. The number of carbonyl (C=O) groups is 1. The molecule has 2 heterocycles. The lowest BCUT2D eigenvalue weighted by Gasteiger charge is -2.22. The quantitative estimate of drug-likeness (QED) is 0.446. The van der Waals surface area contributed by atoms with Gasteiger partial charge in [-0.3, -0.25) is 9.89 Å². The fourth-order valence-electron chi connectivity index (χ4n) is 3.70. The van der Waals surface area contributed by atoms with E-state index in [1.165, 1.54) is 27.4 Å². The minimum atomic E-state index is -0.887. The summed E-state index contributed by atoms with van der Waals surface area (Å²) in [5.74, 6) is -0.272. The van der Waals surface area contributed by atoms with E-state index in [9.17, 15) is 14.7 Å². The molecule has 3 rings (SSSR count). The van der Waals surface area contributed by atoms with Gasteiger partial charge in [-0.2, -0.15) is 5.10 Å². The first-order valence-corrected chi connectivity index (χ1v) is 10.2. The molecule has 0 saturated carbocycles. The number of H-pyrrole nitrogens is 1. The third kappa shape index (κ3) is 4.94. The summed E-state index contributed by atoms with van der Waals surface area (Å²) in [6.45, 7) is 3.66. The fraction of sp³-hybridized carbons (Fsp3) is 0.348. The van der Waals surface area contributed by atoms with Crippen molar-refractivity contribution in [3.8, 4) is 23.0 Å². The fourth-order valence-corrected chi connectivity index (χ4v) is 3.70. The highest BCUT2D eigenvalue weighted by molar-refractivity contribution is 5.78. The van der Waals surface area contributed by atoms with E-state index in [1.54, 1.807) is 25.3 Å². The third-order valence-electron chi connectivity index (χ3n) is 5.35. The summed E-state index contributed by atoms with van der Waals surface area (Å²) >= 11 is 0. The van der Waals surface area contributed by atoms with E-state index in [1.807, 2.05) is 6.92 Å². The van der Waals surface area contributed by atoms with E-state index in [4.69, 9.17) is 18.6 Å². The van der Waals surface area contributed by atoms with Crippen LogP contribution in [0.25, 0.3) is 0 Å². The number of hydrogen-bond donors (Lipinski definition) is 3. The second kappa shape index (κ2) is 10.1. The Hall–Kier alpha value is -3.95. The number of methoxy groups -OCH3 is 3. The summed E-state index contributed by atoms with van der Waals surface area (Å²) in [5.41, 5.74) is 1.33. The average Bonchev–Trinajstić information content (AvgIpc) is 3.19. The maximum atomic E-state index is 12.9. The molecule has 0 radical (unpaired) electrons. The van der Waals surface area contributed by atoms with Gasteiger partial charge in [-0.25, -0.2) is 4.79 Å². The second-order valence-electron chi connectivity index (χ2n) is 7.42. The van der Waals surface area contributed by atoms with Crippen LogP contribution >= 0.6 is 0 Å². The Kier molecular flexibility index (Phi) is 7.27. The molecule has 0 aliphatic rings. The number of rotatable bonds is 9. The summed E-state index contributed by atoms with van der Waals surface area (Å²) in [6.07, 6.45) is 1.47. The number of aromatic hydroxyl groups is 1. The van der Waals surface area contributed by atoms with Crippen LogP contribution in [0.15, 0.2) is 33.6 Å². The Balaban J connectivity index is 2.06. The van der Waals surface area contributed by atoms with Crippen molar-refractivity contribution in [1.82, 2.24) is 15.5 Å². The van der Waals surface area contributed by atoms with Crippen molar-refractivity contribution in [2.75, 3.05) is 21.3 Å². The molecule has 0 saturated heterocycles. The zero-order valence-electron chi connectivity index (χ0n) is 19.1. The molecule has 0 unspecified atom stereocenters. The van der Waals surface area contributed by atoms with E-state index >= 15 is 0 Å². The minimum absolute atomic E-state index is 0.0549. The van der Waals surface area contributed by atoms with Crippen LogP contribution in [0.1, 0.15) is 40.5 Å². The first kappa shape index (κ1) is 23.7. The summed E-state index contributed by atoms with van der Waals surface area (Å²) in [7, 11) is 4.38. The van der Waals surface area contributed by atoms with Gasteiger partial charge in [0.15, 0.2) is 11.5 Å². The summed E-state index contributed by atoms with van der Waals surface area (Å²) in [4.78, 5) is 25.7. The SMILES string of the molecule is COc1ccc([C@H](CC(=O)NCc2cn[nH]c2C)c2c(O)cc(C)oc2=O)c(OC)c1OC. The van der Waals surface area contributed by atoms with E-state index in [-0.39, 0.29) is 41.7 Å². The number of amides is 1. The van der Waals surface area contributed by atoms with Gasteiger partial charge >= 0.3 is 5.63 Å². The summed E-state index contributed by atoms with van der Waals surface area (Å²) in [5, 5.41) is 20.2. The van der Waals surface area contributed by atoms with Gasteiger partial charge in [-0.15, -0.1) is 0 Å². The predicted molar refractivity (Wildman–Crippen MR) is 119 cm³/mol. The van der Waals surface area contributed by atoms with E-state index in [0.29, 0.717) is 17.1 Å². The largest absolute Gasteiger partial charge is 0.507 e. The van der Waals surface area contributed by atoms with Crippen LogP contribution in [0.4, 0.5) is 0 Å². The van der Waals surface area contributed by atoms with Crippen molar-refractivity contribution in [1.29, 1.82) is 0 Å². The molecule has 1 aromatic carbocycles. The Morgan fingerprint density at radius 1 is 1.18 bits per heavy atom. The number of ether oxygens (including phenoxy) is 3. The highest BCUT2D eigenvalue weighted by atomic mass is 16.5. The van der Waals surface area contributed by atoms with E-state index in [2.05, 4.69) is 15.5 Å². The highest BCUT2D eigenvalue weighted by Crippen LogP contribution is 2.45. The van der Waals surface area contributed by atoms with Gasteiger partial charge in [0.2, 0.25) is 11.7 Å². The molecule has 0 spiro atoms. The Morgan fingerprint density at radius 3 is 2.48 bits per heavy atom. The molecule has 1 amide bonds. The lowest BCUT2D eigenvalue weighted by atomic mass is 9.87. The number of aromatic nitrogens is 2. The van der Waals surface area contributed by atoms with Gasteiger partial charge in [0.05, 0.1) is 33.1 Å². The molecular weight excluding hydrogens is 430 g/mol. The molecule has 1 atom stereocenters. The van der Waals surface area contributed by atoms with Crippen LogP contribution in [0.3, 0.4) is 0 Å². The van der Waals surface area contributed by atoms with Crippen LogP contribution in [0, 0.1) is 13.8 Å². The molecule has 10 heteroatoms. The zero-order chi connectivity index (χ0) is 24.1. The third-order valence-corrected chi connectivity index (χ3v) is 5.35. The topological polar surface area (TPSA) is 136 Å². The van der Waals surface area contributed by atoms with Gasteiger partial charge in [-0.1, -0.05) is 6.07 Å². The lowest BCUT2D eigenvalue weighted by molar-refractivity contribution is -0.121. The van der Waals surface area contributed by atoms with Gasteiger partial charge < -0.3 is 29.1 Å². The predicted octanol–water partition coefficient (Wildman–Crippen LogP) is 2.55. The smallest absolute Gasteiger partial charge is 0.343 e. The van der Waals surface area contributed by atoms with Crippen molar-refractivity contribution >= 4 is 5.91 Å². The number of nitrogens with zero attached hydrogens (tertiary/aromatic N) is 1. The van der Waals surface area contributed by atoms with Crippen LogP contribution in [0.5, 0.6) is 23.0 Å². The number of benzene rings is 1. The van der Waals surface area contributed by atoms with Gasteiger partial charge in [0.25, 0.3) is 0 Å². The summed E-state index contributed by atoms with van der Waals surface area (Å²) < 4.78 is 21.6. The monoisotopic (exact) mass is 457 g/mol. The molecule has 0 aliphatic carbocycles. The van der Waals surface area contributed by atoms with Gasteiger partial charge in [-0.05, 0) is 19.9 Å². The van der Waals surface area contributed by atoms with Crippen LogP contribution in [-0.4, -0.2) is 42.5 Å². The maximum absolute atomic E-state index is 12.9. The maximum Gasteiger partial charge on any atom is 0.343 e. The molecule has 10 nitrogen and oxygen atoms in total. The standard InChI is InChI=1S/C23H27N3O7/c1-12-8-17(27)20(23(29)33-12)16(9-19(28)24-10-14-11-25-26-13(14)2)15-6-7-18(30-3)22(32-5)21(15)31-4/h6-8,11,16,27H,9-10H2,1-5H3,(H,24,28)(H,25,26)/t16-/m0/s1. The molecule has 3 N–H and O–H groups in total. The number of aryl methyl sites for hydroxylation is 2. The van der Waals surface area contributed by atoms with E-state index in [0.717, 1.165) is 11.3 Å².